The maximum Gasteiger partial charge on any atom is 0.184 e. The second-order valence-electron chi connectivity index (χ2n) is 3.45. The molecule has 82 valence electrons. The highest BCUT2D eigenvalue weighted by molar-refractivity contribution is 8.34. The number of carbonyl (C=O) groups is 2. The topological polar surface area (TPSA) is 34.1 Å². The summed E-state index contributed by atoms with van der Waals surface area (Å²) in [6.45, 7) is 0. The van der Waals surface area contributed by atoms with Crippen LogP contribution in [0.5, 0.6) is 0 Å². The number of Topliss-reactive ketones (excluding diaryl/α,β-unsaturated/α-hetero) is 1. The van der Waals surface area contributed by atoms with E-state index >= 15 is 0 Å². The van der Waals surface area contributed by atoms with Crippen molar-refractivity contribution >= 4 is 21.8 Å². The lowest BCUT2D eigenvalue weighted by Gasteiger charge is -2.07. The molecule has 0 saturated heterocycles. The molecule has 0 atom stereocenters. The van der Waals surface area contributed by atoms with Crippen molar-refractivity contribution in [1.29, 1.82) is 0 Å². The third-order valence-corrected chi connectivity index (χ3v) is 4.02. The Morgan fingerprint density at radius 2 is 1.62 bits per heavy atom. The summed E-state index contributed by atoms with van der Waals surface area (Å²) in [4.78, 5) is 23.5. The molecule has 0 amide bonds. The Bertz CT molecular complexity index is 448. The zero-order valence-corrected chi connectivity index (χ0v) is 9.56. The summed E-state index contributed by atoms with van der Waals surface area (Å²) >= 11 is 0. The van der Waals surface area contributed by atoms with E-state index in [9.17, 15) is 9.59 Å². The van der Waals surface area contributed by atoms with Crippen LogP contribution < -0.4 is 0 Å². The van der Waals surface area contributed by atoms with Crippen molar-refractivity contribution in [3.63, 3.8) is 0 Å². The van der Waals surface area contributed by atoms with E-state index in [-0.39, 0.29) is 17.3 Å². The average molecular weight is 232 g/mol. The van der Waals surface area contributed by atoms with Crippen molar-refractivity contribution in [2.24, 2.45) is 0 Å². The minimum Gasteiger partial charge on any atom is -0.294 e. The standard InChI is InChI=1S/C13H12O2S/c14-12(11-6-2-1-3-7-11)10-13(15)16-8-4-5-9-16/h1-9,16H,10H2. The van der Waals surface area contributed by atoms with E-state index < -0.39 is 10.9 Å². The lowest BCUT2D eigenvalue weighted by atomic mass is 10.1. The zero-order chi connectivity index (χ0) is 11.4. The van der Waals surface area contributed by atoms with Crippen LogP contribution in [0.1, 0.15) is 16.8 Å². The molecule has 0 unspecified atom stereocenters. The van der Waals surface area contributed by atoms with Crippen LogP contribution in [0.2, 0.25) is 0 Å². The number of hydrogen-bond donors (Lipinski definition) is 1. The second-order valence-corrected chi connectivity index (χ2v) is 5.36. The Balaban J connectivity index is 2.00. The molecule has 0 saturated carbocycles. The highest BCUT2D eigenvalue weighted by Crippen LogP contribution is 2.35. The molecule has 1 heterocycles. The van der Waals surface area contributed by atoms with E-state index in [1.807, 2.05) is 29.0 Å². The lowest BCUT2D eigenvalue weighted by Crippen LogP contribution is -2.06. The van der Waals surface area contributed by atoms with Gasteiger partial charge in [-0.15, -0.1) is 0 Å². The Kier molecular flexibility index (Phi) is 3.37. The van der Waals surface area contributed by atoms with Gasteiger partial charge in [0.05, 0.1) is 6.42 Å². The van der Waals surface area contributed by atoms with Crippen molar-refractivity contribution in [2.45, 2.75) is 6.42 Å². The van der Waals surface area contributed by atoms with Gasteiger partial charge in [-0.3, -0.25) is 9.59 Å². The first kappa shape index (κ1) is 10.9. The van der Waals surface area contributed by atoms with Gasteiger partial charge in [-0.25, -0.2) is 0 Å². The quantitative estimate of drug-likeness (QED) is 0.494. The molecular formula is C13H12O2S. The van der Waals surface area contributed by atoms with Crippen LogP contribution in [-0.2, 0) is 4.79 Å². The lowest BCUT2D eigenvalue weighted by molar-refractivity contribution is -0.110. The van der Waals surface area contributed by atoms with Crippen LogP contribution in [-0.4, -0.2) is 10.9 Å². The number of allylic oxidation sites excluding steroid dienone is 2. The Hall–Kier alpha value is -1.61. The SMILES string of the molecule is O=C(CC(=O)[SH]1C=CC=C1)c1ccccc1. The van der Waals surface area contributed by atoms with Gasteiger partial charge in [-0.2, -0.15) is 10.9 Å². The predicted molar refractivity (Wildman–Crippen MR) is 67.7 cm³/mol. The van der Waals surface area contributed by atoms with Gasteiger partial charge < -0.3 is 0 Å². The van der Waals surface area contributed by atoms with E-state index in [2.05, 4.69) is 0 Å². The van der Waals surface area contributed by atoms with Crippen LogP contribution in [0, 0.1) is 0 Å². The average Bonchev–Trinajstić information content (AvgIpc) is 2.83. The molecule has 0 aliphatic carbocycles. The third-order valence-electron chi connectivity index (χ3n) is 2.30. The molecule has 16 heavy (non-hydrogen) atoms. The second kappa shape index (κ2) is 4.94. The largest absolute Gasteiger partial charge is 0.294 e. The van der Waals surface area contributed by atoms with Gasteiger partial charge in [-0.05, 0) is 10.8 Å². The van der Waals surface area contributed by atoms with Crippen molar-refractivity contribution in [2.75, 3.05) is 0 Å². The Morgan fingerprint density at radius 3 is 2.25 bits per heavy atom. The zero-order valence-electron chi connectivity index (χ0n) is 8.67. The minimum absolute atomic E-state index is 0.00436. The van der Waals surface area contributed by atoms with E-state index in [1.165, 1.54) is 0 Å². The molecule has 0 aromatic heterocycles. The van der Waals surface area contributed by atoms with E-state index in [0.29, 0.717) is 5.56 Å². The normalized spacial score (nSPS) is 15.4. The van der Waals surface area contributed by atoms with Crippen LogP contribution in [0.15, 0.2) is 53.3 Å². The molecule has 3 heteroatoms. The molecule has 1 aliphatic heterocycles. The van der Waals surface area contributed by atoms with Gasteiger partial charge in [0.15, 0.2) is 10.9 Å². The van der Waals surface area contributed by atoms with Crippen LogP contribution in [0.4, 0.5) is 0 Å². The molecule has 1 aromatic rings. The number of rotatable bonds is 3. The predicted octanol–water partition coefficient (Wildman–Crippen LogP) is 2.83. The van der Waals surface area contributed by atoms with Gasteiger partial charge in [0.1, 0.15) is 0 Å². The van der Waals surface area contributed by atoms with Crippen LogP contribution in [0.25, 0.3) is 0 Å². The highest BCUT2D eigenvalue weighted by atomic mass is 32.2. The fourth-order valence-corrected chi connectivity index (χ4v) is 2.78. The number of carbonyl (C=O) groups excluding carboxylic acids is 2. The molecule has 0 spiro atoms. The van der Waals surface area contributed by atoms with Gasteiger partial charge in [0, 0.05) is 5.56 Å². The summed E-state index contributed by atoms with van der Waals surface area (Å²) in [6, 6.07) is 8.94. The fourth-order valence-electron chi connectivity index (χ4n) is 1.46. The number of hydrogen-bond acceptors (Lipinski definition) is 2. The van der Waals surface area contributed by atoms with Crippen molar-refractivity contribution < 1.29 is 9.59 Å². The number of thiol groups is 1. The first-order valence-corrected chi connectivity index (χ1v) is 6.50. The van der Waals surface area contributed by atoms with Gasteiger partial charge in [0.25, 0.3) is 0 Å². The molecule has 0 radical (unpaired) electrons. The smallest absolute Gasteiger partial charge is 0.184 e. The summed E-state index contributed by atoms with van der Waals surface area (Å²) in [6.07, 6.45) is 3.72. The van der Waals surface area contributed by atoms with Gasteiger partial charge in [-0.1, -0.05) is 42.5 Å². The molecule has 0 fully saturated rings. The number of ketones is 1. The van der Waals surface area contributed by atoms with E-state index in [4.69, 9.17) is 0 Å². The summed E-state index contributed by atoms with van der Waals surface area (Å²) in [7, 11) is -0.850. The van der Waals surface area contributed by atoms with Crippen molar-refractivity contribution in [3.8, 4) is 0 Å². The Labute approximate surface area is 97.0 Å². The monoisotopic (exact) mass is 232 g/mol. The van der Waals surface area contributed by atoms with Gasteiger partial charge >= 0.3 is 0 Å². The van der Waals surface area contributed by atoms with Crippen molar-refractivity contribution in [3.05, 3.63) is 58.9 Å². The summed E-state index contributed by atoms with van der Waals surface area (Å²) in [5.41, 5.74) is 0.609. The molecule has 0 bridgehead atoms. The maximum absolute atomic E-state index is 11.8. The third kappa shape index (κ3) is 2.49. The highest BCUT2D eigenvalue weighted by Gasteiger charge is 2.15. The van der Waals surface area contributed by atoms with Gasteiger partial charge in [0.2, 0.25) is 0 Å². The number of benzene rings is 1. The minimum atomic E-state index is -0.850. The van der Waals surface area contributed by atoms with Crippen molar-refractivity contribution in [1.82, 2.24) is 0 Å². The van der Waals surface area contributed by atoms with Crippen LogP contribution >= 0.6 is 10.9 Å². The summed E-state index contributed by atoms with van der Waals surface area (Å²) < 4.78 is 0. The molecule has 1 aromatic carbocycles. The maximum atomic E-state index is 11.8. The molecule has 1 aliphatic rings. The molecular weight excluding hydrogens is 220 g/mol. The fraction of sp³-hybridized carbons (Fsp3) is 0.0769. The first-order valence-electron chi connectivity index (χ1n) is 5.02. The summed E-state index contributed by atoms with van der Waals surface area (Å²) in [5.74, 6) is -0.0956. The molecule has 0 N–H and O–H groups in total. The molecule has 2 rings (SSSR count). The van der Waals surface area contributed by atoms with E-state index in [0.717, 1.165) is 0 Å². The van der Waals surface area contributed by atoms with Crippen LogP contribution in [0.3, 0.4) is 0 Å². The summed E-state index contributed by atoms with van der Waals surface area (Å²) in [5, 5.41) is 3.76. The molecule has 2 nitrogen and oxygen atoms in total. The first-order chi connectivity index (χ1) is 7.77. The Morgan fingerprint density at radius 1 is 1.00 bits per heavy atom. The van der Waals surface area contributed by atoms with E-state index in [1.54, 1.807) is 24.3 Å².